The van der Waals surface area contributed by atoms with Crippen molar-refractivity contribution in [3.05, 3.63) is 62.9 Å². The van der Waals surface area contributed by atoms with E-state index in [2.05, 4.69) is 15.9 Å². The molecule has 4 heteroatoms. The van der Waals surface area contributed by atoms with Gasteiger partial charge in [-0.3, -0.25) is 0 Å². The van der Waals surface area contributed by atoms with E-state index < -0.39 is 6.04 Å². The summed E-state index contributed by atoms with van der Waals surface area (Å²) >= 11 is 3.25. The summed E-state index contributed by atoms with van der Waals surface area (Å²) < 4.78 is 20.0. The third kappa shape index (κ3) is 2.86. The Morgan fingerprint density at radius 3 is 2.25 bits per heavy atom. The standard InChI is InChI=1S/C16H17BrFNO/c1-9-6-11(7-10(2)16(9)20-3)15(19)13-5-4-12(17)8-14(13)18/h4-8,15H,19H2,1-3H3. The number of ether oxygens (including phenoxy) is 1. The molecule has 2 nitrogen and oxygen atoms in total. The van der Waals surface area contributed by atoms with E-state index >= 15 is 0 Å². The maximum absolute atomic E-state index is 14.0. The molecule has 0 aliphatic rings. The smallest absolute Gasteiger partial charge is 0.129 e. The summed E-state index contributed by atoms with van der Waals surface area (Å²) in [6, 6.07) is 8.32. The van der Waals surface area contributed by atoms with Crippen molar-refractivity contribution in [2.24, 2.45) is 5.73 Å². The third-order valence-electron chi connectivity index (χ3n) is 3.34. The highest BCUT2D eigenvalue weighted by Crippen LogP contribution is 2.30. The SMILES string of the molecule is COc1c(C)cc(C(N)c2ccc(Br)cc2F)cc1C. The van der Waals surface area contributed by atoms with Crippen LogP contribution in [0.5, 0.6) is 5.75 Å². The van der Waals surface area contributed by atoms with Gasteiger partial charge in [-0.1, -0.05) is 34.1 Å². The molecular weight excluding hydrogens is 321 g/mol. The average molecular weight is 338 g/mol. The van der Waals surface area contributed by atoms with Gasteiger partial charge in [0.25, 0.3) is 0 Å². The first-order valence-corrected chi connectivity index (χ1v) is 7.09. The molecule has 106 valence electrons. The van der Waals surface area contributed by atoms with Crippen molar-refractivity contribution in [3.8, 4) is 5.75 Å². The number of methoxy groups -OCH3 is 1. The zero-order chi connectivity index (χ0) is 14.9. The minimum absolute atomic E-state index is 0.307. The zero-order valence-electron chi connectivity index (χ0n) is 11.7. The van der Waals surface area contributed by atoms with Gasteiger partial charge >= 0.3 is 0 Å². The number of benzene rings is 2. The van der Waals surface area contributed by atoms with Gasteiger partial charge in [0.1, 0.15) is 11.6 Å². The lowest BCUT2D eigenvalue weighted by Gasteiger charge is -2.17. The quantitative estimate of drug-likeness (QED) is 0.907. The second-order valence-electron chi connectivity index (χ2n) is 4.83. The molecule has 2 N–H and O–H groups in total. The number of rotatable bonds is 3. The molecule has 0 bridgehead atoms. The van der Waals surface area contributed by atoms with Crippen molar-refractivity contribution in [1.82, 2.24) is 0 Å². The van der Waals surface area contributed by atoms with Gasteiger partial charge in [-0.25, -0.2) is 4.39 Å². The Labute approximate surface area is 126 Å². The molecule has 0 heterocycles. The fraction of sp³-hybridized carbons (Fsp3) is 0.250. The van der Waals surface area contributed by atoms with Gasteiger partial charge < -0.3 is 10.5 Å². The van der Waals surface area contributed by atoms with Crippen molar-refractivity contribution < 1.29 is 9.13 Å². The van der Waals surface area contributed by atoms with Crippen LogP contribution in [0, 0.1) is 19.7 Å². The van der Waals surface area contributed by atoms with Crippen molar-refractivity contribution in [2.75, 3.05) is 7.11 Å². The van der Waals surface area contributed by atoms with Crippen molar-refractivity contribution in [2.45, 2.75) is 19.9 Å². The maximum Gasteiger partial charge on any atom is 0.129 e. The lowest BCUT2D eigenvalue weighted by molar-refractivity contribution is 0.408. The molecule has 2 rings (SSSR count). The van der Waals surface area contributed by atoms with Crippen LogP contribution >= 0.6 is 15.9 Å². The Bertz CT molecular complexity index is 619. The van der Waals surface area contributed by atoms with Crippen molar-refractivity contribution >= 4 is 15.9 Å². The molecule has 2 aromatic carbocycles. The maximum atomic E-state index is 14.0. The normalized spacial score (nSPS) is 12.3. The Hall–Kier alpha value is -1.39. The van der Waals surface area contributed by atoms with Crippen molar-refractivity contribution in [1.29, 1.82) is 0 Å². The molecule has 0 aromatic heterocycles. The molecular formula is C16H17BrFNO. The molecule has 0 saturated carbocycles. The van der Waals surface area contributed by atoms with Crippen molar-refractivity contribution in [3.63, 3.8) is 0 Å². The van der Waals surface area contributed by atoms with Gasteiger partial charge in [0.2, 0.25) is 0 Å². The molecule has 20 heavy (non-hydrogen) atoms. The van der Waals surface area contributed by atoms with Crippen LogP contribution in [0.4, 0.5) is 4.39 Å². The van der Waals surface area contributed by atoms with E-state index in [9.17, 15) is 4.39 Å². The number of aryl methyl sites for hydroxylation is 2. The molecule has 0 aliphatic carbocycles. The predicted molar refractivity (Wildman–Crippen MR) is 82.6 cm³/mol. The first-order chi connectivity index (χ1) is 9.43. The van der Waals surface area contributed by atoms with Crippen LogP contribution in [0.25, 0.3) is 0 Å². The third-order valence-corrected chi connectivity index (χ3v) is 3.84. The van der Waals surface area contributed by atoms with E-state index in [0.29, 0.717) is 10.0 Å². The van der Waals surface area contributed by atoms with E-state index in [4.69, 9.17) is 10.5 Å². The summed E-state index contributed by atoms with van der Waals surface area (Å²) in [5.74, 6) is 0.537. The van der Waals surface area contributed by atoms with Crippen LogP contribution in [-0.4, -0.2) is 7.11 Å². The molecule has 1 atom stereocenters. The molecule has 0 radical (unpaired) electrons. The monoisotopic (exact) mass is 337 g/mol. The van der Waals surface area contributed by atoms with Gasteiger partial charge in [0, 0.05) is 10.0 Å². The summed E-state index contributed by atoms with van der Waals surface area (Å²) in [7, 11) is 1.64. The molecule has 0 amide bonds. The Balaban J connectivity index is 2.45. The minimum atomic E-state index is -0.494. The molecule has 0 fully saturated rings. The Morgan fingerprint density at radius 2 is 1.75 bits per heavy atom. The summed E-state index contributed by atoms with van der Waals surface area (Å²) in [6.07, 6.45) is 0. The zero-order valence-corrected chi connectivity index (χ0v) is 13.3. The fourth-order valence-corrected chi connectivity index (χ4v) is 2.75. The number of halogens is 2. The van der Waals surface area contributed by atoms with E-state index in [1.165, 1.54) is 6.07 Å². The second-order valence-corrected chi connectivity index (χ2v) is 5.75. The van der Waals surface area contributed by atoms with Crippen LogP contribution in [0.2, 0.25) is 0 Å². The van der Waals surface area contributed by atoms with Crippen LogP contribution in [-0.2, 0) is 0 Å². The van der Waals surface area contributed by atoms with E-state index in [-0.39, 0.29) is 5.82 Å². The highest BCUT2D eigenvalue weighted by molar-refractivity contribution is 9.10. The average Bonchev–Trinajstić information content (AvgIpc) is 2.37. The summed E-state index contributed by atoms with van der Waals surface area (Å²) in [5, 5.41) is 0. The van der Waals surface area contributed by atoms with Gasteiger partial charge in [0.05, 0.1) is 13.2 Å². The molecule has 0 aliphatic heterocycles. The van der Waals surface area contributed by atoms with E-state index in [1.807, 2.05) is 26.0 Å². The second kappa shape index (κ2) is 5.94. The fourth-order valence-electron chi connectivity index (χ4n) is 2.42. The lowest BCUT2D eigenvalue weighted by Crippen LogP contribution is -2.14. The largest absolute Gasteiger partial charge is 0.496 e. The van der Waals surface area contributed by atoms with Gasteiger partial charge in [-0.05, 0) is 42.7 Å². The number of hydrogen-bond acceptors (Lipinski definition) is 2. The van der Waals surface area contributed by atoms with E-state index in [1.54, 1.807) is 19.2 Å². The first-order valence-electron chi connectivity index (χ1n) is 6.29. The number of nitrogens with two attached hydrogens (primary N) is 1. The molecule has 0 spiro atoms. The van der Waals surface area contributed by atoms with Crippen LogP contribution in [0.3, 0.4) is 0 Å². The van der Waals surface area contributed by atoms with Gasteiger partial charge in [-0.2, -0.15) is 0 Å². The molecule has 2 aromatic rings. The summed E-state index contributed by atoms with van der Waals surface area (Å²) in [4.78, 5) is 0. The van der Waals surface area contributed by atoms with Crippen LogP contribution < -0.4 is 10.5 Å². The predicted octanol–water partition coefficient (Wildman–Crippen LogP) is 4.26. The highest BCUT2D eigenvalue weighted by Gasteiger charge is 2.16. The Kier molecular flexibility index (Phi) is 4.45. The molecule has 1 unspecified atom stereocenters. The van der Waals surface area contributed by atoms with Crippen LogP contribution in [0.15, 0.2) is 34.8 Å². The van der Waals surface area contributed by atoms with Gasteiger partial charge in [-0.15, -0.1) is 0 Å². The first kappa shape index (κ1) is 15.0. The van der Waals surface area contributed by atoms with E-state index in [0.717, 1.165) is 22.4 Å². The van der Waals surface area contributed by atoms with Gasteiger partial charge in [0.15, 0.2) is 0 Å². The highest BCUT2D eigenvalue weighted by atomic mass is 79.9. The number of hydrogen-bond donors (Lipinski definition) is 1. The Morgan fingerprint density at radius 1 is 1.15 bits per heavy atom. The minimum Gasteiger partial charge on any atom is -0.496 e. The molecule has 0 saturated heterocycles. The lowest BCUT2D eigenvalue weighted by atomic mass is 9.95. The topological polar surface area (TPSA) is 35.2 Å². The van der Waals surface area contributed by atoms with Crippen LogP contribution in [0.1, 0.15) is 28.3 Å². The summed E-state index contributed by atoms with van der Waals surface area (Å²) in [6.45, 7) is 3.92. The summed E-state index contributed by atoms with van der Waals surface area (Å²) in [5.41, 5.74) is 9.55.